The van der Waals surface area contributed by atoms with E-state index in [-0.39, 0.29) is 11.3 Å². The summed E-state index contributed by atoms with van der Waals surface area (Å²) in [6.07, 6.45) is 0. The summed E-state index contributed by atoms with van der Waals surface area (Å²) in [6.45, 7) is 1.02. The summed E-state index contributed by atoms with van der Waals surface area (Å²) in [4.78, 5) is 49.7. The van der Waals surface area contributed by atoms with Crippen LogP contribution >= 0.6 is 15.9 Å². The molecule has 0 spiro atoms. The lowest BCUT2D eigenvalue weighted by Crippen LogP contribution is -2.43. The van der Waals surface area contributed by atoms with E-state index in [0.29, 0.717) is 11.3 Å². The van der Waals surface area contributed by atoms with Crippen LogP contribution in [0.5, 0.6) is 0 Å². The second-order valence-electron chi connectivity index (χ2n) is 5.74. The van der Waals surface area contributed by atoms with Crippen molar-refractivity contribution in [1.29, 1.82) is 0 Å². The Morgan fingerprint density at radius 2 is 1.73 bits per heavy atom. The third kappa shape index (κ3) is 3.30. The van der Waals surface area contributed by atoms with Gasteiger partial charge < -0.3 is 4.74 Å². The van der Waals surface area contributed by atoms with E-state index >= 15 is 0 Å². The summed E-state index contributed by atoms with van der Waals surface area (Å²) < 4.78 is 5.89. The number of Topliss-reactive ketones (excluding diaryl/α,β-unsaturated/α-hetero) is 2. The fourth-order valence-electron chi connectivity index (χ4n) is 2.68. The van der Waals surface area contributed by atoms with Gasteiger partial charge in [-0.05, 0) is 31.2 Å². The number of hydrogen-bond donors (Lipinski definition) is 0. The lowest BCUT2D eigenvalue weighted by atomic mass is 10.1. The van der Waals surface area contributed by atoms with E-state index in [2.05, 4.69) is 15.9 Å². The van der Waals surface area contributed by atoms with E-state index in [1.165, 1.54) is 13.0 Å². The van der Waals surface area contributed by atoms with Crippen molar-refractivity contribution in [3.05, 3.63) is 64.1 Å². The van der Waals surface area contributed by atoms with Gasteiger partial charge in [0.1, 0.15) is 6.04 Å². The van der Waals surface area contributed by atoms with E-state index in [0.717, 1.165) is 9.37 Å². The minimum Gasteiger partial charge on any atom is -0.456 e. The van der Waals surface area contributed by atoms with Crippen LogP contribution in [0.4, 0.5) is 5.69 Å². The molecule has 0 aromatic heterocycles. The third-order valence-corrected chi connectivity index (χ3v) is 4.59. The van der Waals surface area contributed by atoms with Gasteiger partial charge in [-0.2, -0.15) is 0 Å². The van der Waals surface area contributed by atoms with Gasteiger partial charge in [-0.25, -0.2) is 4.79 Å². The van der Waals surface area contributed by atoms with E-state index in [9.17, 15) is 19.2 Å². The van der Waals surface area contributed by atoms with Crippen molar-refractivity contribution in [2.24, 2.45) is 0 Å². The van der Waals surface area contributed by atoms with Crippen molar-refractivity contribution < 1.29 is 23.9 Å². The number of ether oxygens (including phenoxy) is 1. The van der Waals surface area contributed by atoms with Crippen LogP contribution in [0.3, 0.4) is 0 Å². The number of para-hydroxylation sites is 1. The number of nitrogens with zero attached hydrogens (tertiary/aromatic N) is 1. The maximum Gasteiger partial charge on any atom is 0.329 e. The van der Waals surface area contributed by atoms with Crippen molar-refractivity contribution in [2.45, 2.75) is 13.0 Å². The number of anilines is 1. The standard InChI is InChI=1S/C19H14BrNO5/c1-11(21-15-5-3-2-4-14(15)17(23)18(21)24)19(25)26-10-16(22)12-6-8-13(20)9-7-12/h2-9,11H,10H2,1H3. The van der Waals surface area contributed by atoms with Crippen LogP contribution in [0.1, 0.15) is 27.6 Å². The van der Waals surface area contributed by atoms with Crippen LogP contribution < -0.4 is 4.90 Å². The molecule has 1 aliphatic heterocycles. The molecule has 0 radical (unpaired) electrons. The highest BCUT2D eigenvalue weighted by molar-refractivity contribution is 9.10. The van der Waals surface area contributed by atoms with Crippen LogP contribution in [-0.4, -0.2) is 36.1 Å². The molecule has 2 aromatic carbocycles. The number of benzene rings is 2. The molecular formula is C19H14BrNO5. The van der Waals surface area contributed by atoms with Gasteiger partial charge in [0.25, 0.3) is 11.7 Å². The summed E-state index contributed by atoms with van der Waals surface area (Å²) in [7, 11) is 0. The highest BCUT2D eigenvalue weighted by Crippen LogP contribution is 2.30. The van der Waals surface area contributed by atoms with Gasteiger partial charge >= 0.3 is 5.97 Å². The Bertz CT molecular complexity index is 906. The highest BCUT2D eigenvalue weighted by Gasteiger charge is 2.41. The van der Waals surface area contributed by atoms with Crippen LogP contribution in [-0.2, 0) is 14.3 Å². The molecule has 0 aliphatic carbocycles. The Kier molecular flexibility index (Phi) is 4.99. The second-order valence-corrected chi connectivity index (χ2v) is 6.65. The maximum absolute atomic E-state index is 12.3. The highest BCUT2D eigenvalue weighted by atomic mass is 79.9. The number of hydrogen-bond acceptors (Lipinski definition) is 5. The molecule has 0 saturated heterocycles. The first-order chi connectivity index (χ1) is 12.4. The van der Waals surface area contributed by atoms with Gasteiger partial charge in [0, 0.05) is 10.0 Å². The van der Waals surface area contributed by atoms with Crippen LogP contribution in [0.25, 0.3) is 0 Å². The van der Waals surface area contributed by atoms with E-state index in [1.54, 1.807) is 42.5 Å². The van der Waals surface area contributed by atoms with Gasteiger partial charge in [0.05, 0.1) is 11.3 Å². The molecule has 132 valence electrons. The summed E-state index contributed by atoms with van der Waals surface area (Å²) in [5.41, 5.74) is 1.03. The Morgan fingerprint density at radius 1 is 1.08 bits per heavy atom. The smallest absolute Gasteiger partial charge is 0.329 e. The number of carbonyl (C=O) groups is 4. The predicted octanol–water partition coefficient (Wildman–Crippen LogP) is 2.79. The predicted molar refractivity (Wildman–Crippen MR) is 97.2 cm³/mol. The molecule has 6 nitrogen and oxygen atoms in total. The minimum absolute atomic E-state index is 0.253. The minimum atomic E-state index is -1.02. The average Bonchev–Trinajstić information content (AvgIpc) is 2.90. The van der Waals surface area contributed by atoms with E-state index < -0.39 is 30.3 Å². The number of carbonyl (C=O) groups excluding carboxylic acids is 4. The molecule has 26 heavy (non-hydrogen) atoms. The average molecular weight is 416 g/mol. The van der Waals surface area contributed by atoms with Crippen molar-refractivity contribution in [2.75, 3.05) is 11.5 Å². The zero-order chi connectivity index (χ0) is 18.8. The first kappa shape index (κ1) is 18.0. The Morgan fingerprint density at radius 3 is 2.42 bits per heavy atom. The van der Waals surface area contributed by atoms with Gasteiger partial charge in [-0.3, -0.25) is 19.3 Å². The molecular weight excluding hydrogens is 402 g/mol. The van der Waals surface area contributed by atoms with E-state index in [1.807, 2.05) is 0 Å². The topological polar surface area (TPSA) is 80.8 Å². The zero-order valence-electron chi connectivity index (χ0n) is 13.8. The van der Waals surface area contributed by atoms with Crippen molar-refractivity contribution >= 4 is 45.1 Å². The first-order valence-corrected chi connectivity index (χ1v) is 8.61. The van der Waals surface area contributed by atoms with E-state index in [4.69, 9.17) is 4.74 Å². The molecule has 0 fully saturated rings. The number of ketones is 2. The largest absolute Gasteiger partial charge is 0.456 e. The molecule has 3 rings (SSSR count). The van der Waals surface area contributed by atoms with Crippen LogP contribution in [0, 0.1) is 0 Å². The SMILES string of the molecule is CC(C(=O)OCC(=O)c1ccc(Br)cc1)N1C(=O)C(=O)c2ccccc21. The number of fused-ring (bicyclic) bond motifs is 1. The summed E-state index contributed by atoms with van der Waals surface area (Å²) in [5, 5.41) is 0. The monoisotopic (exact) mass is 415 g/mol. The van der Waals surface area contributed by atoms with Gasteiger partial charge in [0.15, 0.2) is 12.4 Å². The van der Waals surface area contributed by atoms with Crippen LogP contribution in [0.15, 0.2) is 53.0 Å². The van der Waals surface area contributed by atoms with Crippen LogP contribution in [0.2, 0.25) is 0 Å². The first-order valence-electron chi connectivity index (χ1n) is 7.82. The lowest BCUT2D eigenvalue weighted by Gasteiger charge is -2.22. The van der Waals surface area contributed by atoms with Gasteiger partial charge in [-0.1, -0.05) is 40.2 Å². The molecule has 2 aromatic rings. The molecule has 1 amide bonds. The van der Waals surface area contributed by atoms with Gasteiger partial charge in [-0.15, -0.1) is 0 Å². The molecule has 0 saturated carbocycles. The number of amides is 1. The molecule has 7 heteroatoms. The molecule has 1 aliphatic rings. The lowest BCUT2D eigenvalue weighted by molar-refractivity contribution is -0.144. The molecule has 1 heterocycles. The number of rotatable bonds is 5. The molecule has 1 unspecified atom stereocenters. The Labute approximate surface area is 157 Å². The van der Waals surface area contributed by atoms with Crippen molar-refractivity contribution in [3.8, 4) is 0 Å². The Hall–Kier alpha value is -2.80. The molecule has 0 bridgehead atoms. The quantitative estimate of drug-likeness (QED) is 0.426. The fraction of sp³-hybridized carbons (Fsp3) is 0.158. The Balaban J connectivity index is 1.68. The van der Waals surface area contributed by atoms with Crippen molar-refractivity contribution in [1.82, 2.24) is 0 Å². The normalized spacial score (nSPS) is 14.2. The maximum atomic E-state index is 12.3. The summed E-state index contributed by atoms with van der Waals surface area (Å²) in [5.74, 6) is -2.56. The second kappa shape index (κ2) is 7.21. The number of esters is 1. The molecule has 1 atom stereocenters. The molecule has 0 N–H and O–H groups in total. The zero-order valence-corrected chi connectivity index (χ0v) is 15.4. The van der Waals surface area contributed by atoms with Gasteiger partial charge in [0.2, 0.25) is 0 Å². The number of halogens is 1. The summed E-state index contributed by atoms with van der Waals surface area (Å²) >= 11 is 3.28. The third-order valence-electron chi connectivity index (χ3n) is 4.06. The summed E-state index contributed by atoms with van der Waals surface area (Å²) in [6, 6.07) is 12.1. The fourth-order valence-corrected chi connectivity index (χ4v) is 2.94. The van der Waals surface area contributed by atoms with Crippen molar-refractivity contribution in [3.63, 3.8) is 0 Å².